The Hall–Kier alpha value is -3.06. The number of hydrogen-bond acceptors (Lipinski definition) is 5. The van der Waals surface area contributed by atoms with Crippen LogP contribution in [0.3, 0.4) is 0 Å². The highest BCUT2D eigenvalue weighted by Crippen LogP contribution is 2.16. The van der Waals surface area contributed by atoms with Crippen LogP contribution in [0.25, 0.3) is 0 Å². The molecule has 32 heavy (non-hydrogen) atoms. The van der Waals surface area contributed by atoms with Crippen molar-refractivity contribution in [3.8, 4) is 11.5 Å². The molecule has 0 saturated carbocycles. The molecule has 2 amide bonds. The molecule has 0 bridgehead atoms. The molecule has 2 aromatic carbocycles. The van der Waals surface area contributed by atoms with Gasteiger partial charge in [0.05, 0.1) is 6.61 Å². The van der Waals surface area contributed by atoms with E-state index < -0.39 is 0 Å². The molecule has 1 saturated heterocycles. The maximum Gasteiger partial charge on any atom is 0.260 e. The number of nitrogens with zero attached hydrogens (tertiary/aromatic N) is 2. The van der Waals surface area contributed by atoms with Crippen LogP contribution in [0.4, 0.5) is 0 Å². The molecule has 0 aliphatic carbocycles. The topological polar surface area (TPSA) is 76.2 Å². The van der Waals surface area contributed by atoms with Crippen molar-refractivity contribution in [1.29, 1.82) is 0 Å². The minimum absolute atomic E-state index is 0.0633. The van der Waals surface area contributed by atoms with E-state index in [0.717, 1.165) is 0 Å². The summed E-state index contributed by atoms with van der Waals surface area (Å²) < 4.78 is 10.9. The highest BCUT2D eigenvalue weighted by Gasteiger charge is 2.24. The predicted molar refractivity (Wildman–Crippen MR) is 121 cm³/mol. The lowest BCUT2D eigenvalue weighted by atomic mass is 10.1. The summed E-state index contributed by atoms with van der Waals surface area (Å²) in [4.78, 5) is 40.6. The first-order valence-corrected chi connectivity index (χ1v) is 11.0. The van der Waals surface area contributed by atoms with Crippen LogP contribution >= 0.6 is 11.6 Å². The van der Waals surface area contributed by atoms with Gasteiger partial charge < -0.3 is 19.3 Å². The summed E-state index contributed by atoms with van der Waals surface area (Å²) in [6, 6.07) is 13.8. The van der Waals surface area contributed by atoms with E-state index in [2.05, 4.69) is 0 Å². The standard InChI is InChI=1S/C24H27ClN2O5/c1-2-31-20-7-3-18(4-8-20)22(28)11-12-23(29)26-13-15-27(16-14-26)24(30)17-32-21-9-5-19(25)6-10-21/h3-10H,2,11-17H2,1H3. The maximum absolute atomic E-state index is 12.5. The van der Waals surface area contributed by atoms with Gasteiger partial charge in [0.25, 0.3) is 5.91 Å². The average Bonchev–Trinajstić information content (AvgIpc) is 2.82. The molecule has 7 nitrogen and oxygen atoms in total. The van der Waals surface area contributed by atoms with Gasteiger partial charge in [-0.2, -0.15) is 0 Å². The van der Waals surface area contributed by atoms with Crippen LogP contribution in [0, 0.1) is 0 Å². The van der Waals surface area contributed by atoms with E-state index in [4.69, 9.17) is 21.1 Å². The number of hydrogen-bond donors (Lipinski definition) is 0. The number of carbonyl (C=O) groups excluding carboxylic acids is 3. The summed E-state index contributed by atoms with van der Waals surface area (Å²) >= 11 is 5.84. The minimum Gasteiger partial charge on any atom is -0.494 e. The molecule has 8 heteroatoms. The fourth-order valence-corrected chi connectivity index (χ4v) is 3.53. The largest absolute Gasteiger partial charge is 0.494 e. The lowest BCUT2D eigenvalue weighted by Gasteiger charge is -2.34. The number of carbonyl (C=O) groups is 3. The van der Waals surface area contributed by atoms with E-state index in [0.29, 0.717) is 54.9 Å². The van der Waals surface area contributed by atoms with Crippen molar-refractivity contribution < 1.29 is 23.9 Å². The average molecular weight is 459 g/mol. The smallest absolute Gasteiger partial charge is 0.260 e. The third kappa shape index (κ3) is 6.72. The third-order valence-electron chi connectivity index (χ3n) is 5.21. The number of ketones is 1. The second-order valence-corrected chi connectivity index (χ2v) is 7.82. The number of ether oxygens (including phenoxy) is 2. The lowest BCUT2D eigenvalue weighted by Crippen LogP contribution is -2.51. The van der Waals surface area contributed by atoms with Crippen LogP contribution in [0.15, 0.2) is 48.5 Å². The Morgan fingerprint density at radius 2 is 1.31 bits per heavy atom. The number of benzene rings is 2. The molecule has 0 atom stereocenters. The molecule has 1 heterocycles. The fourth-order valence-electron chi connectivity index (χ4n) is 3.40. The summed E-state index contributed by atoms with van der Waals surface area (Å²) in [5.74, 6) is 1.01. The number of rotatable bonds is 9. The summed E-state index contributed by atoms with van der Waals surface area (Å²) in [5.41, 5.74) is 0.567. The zero-order valence-corrected chi connectivity index (χ0v) is 18.8. The van der Waals surface area contributed by atoms with Gasteiger partial charge in [-0.25, -0.2) is 0 Å². The van der Waals surface area contributed by atoms with Gasteiger partial charge in [-0.05, 0) is 55.5 Å². The fraction of sp³-hybridized carbons (Fsp3) is 0.375. The van der Waals surface area contributed by atoms with Crippen molar-refractivity contribution in [2.45, 2.75) is 19.8 Å². The first-order valence-electron chi connectivity index (χ1n) is 10.7. The summed E-state index contributed by atoms with van der Waals surface area (Å²) in [7, 11) is 0. The SMILES string of the molecule is CCOc1ccc(C(=O)CCC(=O)N2CCN(C(=O)COc3ccc(Cl)cc3)CC2)cc1. The summed E-state index contributed by atoms with van der Waals surface area (Å²) in [5, 5.41) is 0.602. The normalized spacial score (nSPS) is 13.6. The molecule has 1 fully saturated rings. The summed E-state index contributed by atoms with van der Waals surface area (Å²) in [6.07, 6.45) is 0.306. The molecule has 1 aliphatic rings. The van der Waals surface area contributed by atoms with Crippen LogP contribution < -0.4 is 9.47 Å². The number of piperazine rings is 1. The second kappa shape index (κ2) is 11.5. The van der Waals surface area contributed by atoms with Gasteiger partial charge in [-0.15, -0.1) is 0 Å². The molecule has 1 aliphatic heterocycles. The third-order valence-corrected chi connectivity index (χ3v) is 5.47. The van der Waals surface area contributed by atoms with Gasteiger partial charge in [0.15, 0.2) is 12.4 Å². The molecule has 0 spiro atoms. The zero-order chi connectivity index (χ0) is 22.9. The Kier molecular flexibility index (Phi) is 8.50. The maximum atomic E-state index is 12.5. The number of Topliss-reactive ketones (excluding diaryl/α,β-unsaturated/α-hetero) is 1. The molecule has 0 unspecified atom stereocenters. The van der Waals surface area contributed by atoms with Gasteiger partial charge in [-0.1, -0.05) is 11.6 Å². The van der Waals surface area contributed by atoms with E-state index in [1.54, 1.807) is 58.3 Å². The van der Waals surface area contributed by atoms with Crippen LogP contribution in [-0.2, 0) is 9.59 Å². The summed E-state index contributed by atoms with van der Waals surface area (Å²) in [6.45, 7) is 4.19. The molecule has 2 aromatic rings. The van der Waals surface area contributed by atoms with Gasteiger partial charge >= 0.3 is 0 Å². The van der Waals surface area contributed by atoms with E-state index in [1.165, 1.54) is 0 Å². The predicted octanol–water partition coefficient (Wildman–Crippen LogP) is 3.45. The molecule has 170 valence electrons. The Morgan fingerprint density at radius 1 is 0.781 bits per heavy atom. The zero-order valence-electron chi connectivity index (χ0n) is 18.1. The van der Waals surface area contributed by atoms with Crippen LogP contribution in [0.5, 0.6) is 11.5 Å². The second-order valence-electron chi connectivity index (χ2n) is 7.38. The minimum atomic E-state index is -0.127. The Bertz CT molecular complexity index is 922. The van der Waals surface area contributed by atoms with Crippen LogP contribution in [0.1, 0.15) is 30.1 Å². The highest BCUT2D eigenvalue weighted by molar-refractivity contribution is 6.30. The molecular weight excluding hydrogens is 432 g/mol. The van der Waals surface area contributed by atoms with Crippen molar-refractivity contribution in [2.75, 3.05) is 39.4 Å². The van der Waals surface area contributed by atoms with Crippen molar-refractivity contribution in [2.24, 2.45) is 0 Å². The van der Waals surface area contributed by atoms with Crippen molar-refractivity contribution >= 4 is 29.2 Å². The monoisotopic (exact) mass is 458 g/mol. The first kappa shape index (κ1) is 23.6. The molecule has 0 N–H and O–H groups in total. The van der Waals surface area contributed by atoms with Gasteiger partial charge in [-0.3, -0.25) is 14.4 Å². The number of amides is 2. The van der Waals surface area contributed by atoms with Gasteiger partial charge in [0.2, 0.25) is 5.91 Å². The molecule has 3 rings (SSSR count). The lowest BCUT2D eigenvalue weighted by molar-refractivity contribution is -0.140. The van der Waals surface area contributed by atoms with Crippen molar-refractivity contribution in [3.05, 3.63) is 59.1 Å². The Labute approximate surface area is 192 Å². The quantitative estimate of drug-likeness (QED) is 0.538. The van der Waals surface area contributed by atoms with E-state index in [-0.39, 0.29) is 37.0 Å². The van der Waals surface area contributed by atoms with Gasteiger partial charge in [0, 0.05) is 49.6 Å². The first-order chi connectivity index (χ1) is 15.5. The van der Waals surface area contributed by atoms with Crippen LogP contribution in [-0.4, -0.2) is 66.8 Å². The molecule has 0 radical (unpaired) electrons. The van der Waals surface area contributed by atoms with Crippen molar-refractivity contribution in [3.63, 3.8) is 0 Å². The molecule has 0 aromatic heterocycles. The van der Waals surface area contributed by atoms with Crippen molar-refractivity contribution in [1.82, 2.24) is 9.80 Å². The number of halogens is 1. The Morgan fingerprint density at radius 3 is 1.91 bits per heavy atom. The Balaban J connectivity index is 1.38. The van der Waals surface area contributed by atoms with E-state index in [9.17, 15) is 14.4 Å². The highest BCUT2D eigenvalue weighted by atomic mass is 35.5. The van der Waals surface area contributed by atoms with Crippen LogP contribution in [0.2, 0.25) is 5.02 Å². The van der Waals surface area contributed by atoms with E-state index in [1.807, 2.05) is 6.92 Å². The van der Waals surface area contributed by atoms with Gasteiger partial charge in [0.1, 0.15) is 11.5 Å². The van der Waals surface area contributed by atoms with E-state index >= 15 is 0 Å². The molecular formula is C24H27ClN2O5.